The predicted octanol–water partition coefficient (Wildman–Crippen LogP) is 13.3. The maximum Gasteiger partial charge on any atom is 0.141 e. The zero-order valence-electron chi connectivity index (χ0n) is 36.6. The molecule has 5 aromatic carbocycles. The molecule has 3 aromatic heterocycles. The monoisotopic (exact) mass is 989 g/mol. The van der Waals surface area contributed by atoms with Crippen molar-refractivity contribution in [3.8, 4) is 33.6 Å². The molecular formula is C54H57FIrN2OSi-2. The van der Waals surface area contributed by atoms with Crippen molar-refractivity contribution in [2.45, 2.75) is 73.5 Å². The van der Waals surface area contributed by atoms with Gasteiger partial charge in [-0.15, -0.1) is 11.6 Å². The number of benzene rings is 5. The second-order valence-electron chi connectivity index (χ2n) is 18.6. The molecule has 0 bridgehead atoms. The maximum atomic E-state index is 13.6. The molecule has 0 saturated carbocycles. The quantitative estimate of drug-likeness (QED) is 0.0924. The fourth-order valence-corrected chi connectivity index (χ4v) is 10.1. The Hall–Kier alpha value is -5.26. The molecule has 6 heteroatoms. The van der Waals surface area contributed by atoms with Crippen LogP contribution in [0.4, 0.5) is 4.39 Å². The summed E-state index contributed by atoms with van der Waals surface area (Å²) in [5.74, 6) is 0.172. The van der Waals surface area contributed by atoms with Gasteiger partial charge in [-0.05, 0) is 51.8 Å². The molecule has 0 aliphatic carbocycles. The number of hydrogen-bond donors (Lipinski definition) is 0. The number of pyridine rings is 2. The number of halogens is 1. The van der Waals surface area contributed by atoms with E-state index in [0.29, 0.717) is 5.92 Å². The fourth-order valence-electron chi connectivity index (χ4n) is 8.31. The number of aromatic nitrogens is 2. The largest absolute Gasteiger partial charge is 0.469 e. The molecule has 8 rings (SSSR count). The van der Waals surface area contributed by atoms with Crippen molar-refractivity contribution in [2.24, 2.45) is 5.41 Å². The van der Waals surface area contributed by atoms with Gasteiger partial charge < -0.3 is 13.6 Å². The molecule has 60 heavy (non-hydrogen) atoms. The van der Waals surface area contributed by atoms with E-state index in [1.165, 1.54) is 50.3 Å². The first kappa shape index (κ1) is 44.3. The summed E-state index contributed by atoms with van der Waals surface area (Å²) in [4.78, 5) is 0. The number of fused-ring (bicyclic) bond motifs is 4. The van der Waals surface area contributed by atoms with Crippen LogP contribution in [0.3, 0.4) is 0 Å². The van der Waals surface area contributed by atoms with Crippen LogP contribution < -0.4 is 14.3 Å². The molecule has 3 heterocycles. The molecule has 0 amide bonds. The SMILES string of the molecule is [CH2-]c1ccc(F)cc1-c1cc(C(C)C)c([Si](C)(C)C)c[n+]1[CH2-].[CH2-]c1ccc2c(oc3c(-c4cccc5ccccc45)cccc32)c1-c1cc(CC(C)(C)C)c(C)c[n+]1[CH2-].[Ir]. The number of rotatable bonds is 6. The second kappa shape index (κ2) is 17.0. The van der Waals surface area contributed by atoms with E-state index in [-0.39, 0.29) is 31.3 Å². The van der Waals surface area contributed by atoms with Gasteiger partial charge in [-0.25, -0.2) is 4.39 Å². The summed E-state index contributed by atoms with van der Waals surface area (Å²) in [6.07, 6.45) is 5.24. The van der Waals surface area contributed by atoms with Gasteiger partial charge >= 0.3 is 0 Å². The van der Waals surface area contributed by atoms with Crippen molar-refractivity contribution in [1.29, 1.82) is 0 Å². The predicted molar refractivity (Wildman–Crippen MR) is 250 cm³/mol. The number of hydrogen-bond acceptors (Lipinski definition) is 1. The van der Waals surface area contributed by atoms with E-state index in [4.69, 9.17) is 4.42 Å². The Morgan fingerprint density at radius 3 is 2.00 bits per heavy atom. The number of para-hydroxylation sites is 1. The van der Waals surface area contributed by atoms with E-state index in [1.54, 1.807) is 6.07 Å². The van der Waals surface area contributed by atoms with Crippen LogP contribution in [0.15, 0.2) is 120 Å². The minimum atomic E-state index is -1.47. The summed E-state index contributed by atoms with van der Waals surface area (Å²) < 4.78 is 24.3. The molecule has 0 unspecified atom stereocenters. The van der Waals surface area contributed by atoms with Crippen molar-refractivity contribution in [2.75, 3.05) is 0 Å². The topological polar surface area (TPSA) is 20.9 Å². The zero-order valence-corrected chi connectivity index (χ0v) is 40.0. The third-order valence-corrected chi connectivity index (χ3v) is 13.3. The first-order valence-electron chi connectivity index (χ1n) is 20.5. The van der Waals surface area contributed by atoms with Gasteiger partial charge in [0.25, 0.3) is 0 Å². The van der Waals surface area contributed by atoms with Crippen LogP contribution in [0.2, 0.25) is 19.6 Å². The molecule has 0 fully saturated rings. The van der Waals surface area contributed by atoms with Crippen LogP contribution in [0.1, 0.15) is 68.4 Å². The van der Waals surface area contributed by atoms with Gasteiger partial charge in [0, 0.05) is 50.5 Å². The molecule has 0 atom stereocenters. The standard InChI is InChI=1S/C35H32NO.C19H25FNSi.Ir/c1-22-17-18-30-29-16-10-15-28(27-14-9-12-24-11-7-8-13-26(24)27)33(29)37-34(30)32(22)31-19-25(20-35(3,4)5)23(2)21-36(31)6;1-13(2)16-11-18(17-10-15(20)9-8-14(17)3)21(4)12-19(16)22(5,6)7;/h7-19,21H,1,6,20H2,2-5H3;8-13H,3-4H2,1-2,5-7H3;/q2*-1;. The minimum Gasteiger partial charge on any atom is -0.469 e. The Morgan fingerprint density at radius 1 is 0.683 bits per heavy atom. The van der Waals surface area contributed by atoms with Gasteiger partial charge in [0.1, 0.15) is 5.58 Å². The van der Waals surface area contributed by atoms with Crippen molar-refractivity contribution < 1.29 is 38.0 Å². The number of aryl methyl sites for hydroxylation is 1. The zero-order chi connectivity index (χ0) is 42.6. The summed E-state index contributed by atoms with van der Waals surface area (Å²) in [6, 6.07) is 34.8. The summed E-state index contributed by atoms with van der Waals surface area (Å²) in [7, 11) is 7.00. The summed E-state index contributed by atoms with van der Waals surface area (Å²) in [5, 5.41) is 6.05. The van der Waals surface area contributed by atoms with E-state index < -0.39 is 8.07 Å². The van der Waals surface area contributed by atoms with Crippen LogP contribution in [0.25, 0.3) is 66.4 Å². The van der Waals surface area contributed by atoms with Gasteiger partial charge in [-0.1, -0.05) is 156 Å². The molecule has 1 radical (unpaired) electrons. The Bertz CT molecular complexity index is 2870. The van der Waals surface area contributed by atoms with Crippen molar-refractivity contribution in [1.82, 2.24) is 0 Å². The summed E-state index contributed by atoms with van der Waals surface area (Å²) in [6.45, 7) is 28.8. The van der Waals surface area contributed by atoms with Gasteiger partial charge in [0.05, 0.1) is 43.3 Å². The molecule has 0 aliphatic heterocycles. The van der Waals surface area contributed by atoms with Crippen molar-refractivity contribution in [3.63, 3.8) is 0 Å². The molecule has 311 valence electrons. The molecule has 3 nitrogen and oxygen atoms in total. The normalized spacial score (nSPS) is 11.8. The average Bonchev–Trinajstić information content (AvgIpc) is 3.55. The third-order valence-electron chi connectivity index (χ3n) is 11.3. The van der Waals surface area contributed by atoms with Crippen LogP contribution in [-0.4, -0.2) is 8.07 Å². The first-order valence-corrected chi connectivity index (χ1v) is 24.0. The second-order valence-corrected chi connectivity index (χ2v) is 23.6. The van der Waals surface area contributed by atoms with Crippen molar-refractivity contribution >= 4 is 46.0 Å². The van der Waals surface area contributed by atoms with E-state index in [1.807, 2.05) is 9.13 Å². The number of nitrogens with zero attached hydrogens (tertiary/aromatic N) is 2. The van der Waals surface area contributed by atoms with E-state index >= 15 is 0 Å². The summed E-state index contributed by atoms with van der Waals surface area (Å²) >= 11 is 0. The van der Waals surface area contributed by atoms with Gasteiger partial charge in [-0.3, -0.25) is 0 Å². The van der Waals surface area contributed by atoms with E-state index in [2.05, 4.69) is 186 Å². The fraction of sp³-hybridized carbons (Fsp3) is 0.222. The van der Waals surface area contributed by atoms with E-state index in [9.17, 15) is 4.39 Å². The maximum absolute atomic E-state index is 13.6. The molecular weight excluding hydrogens is 932 g/mol. The van der Waals surface area contributed by atoms with Gasteiger partial charge in [0.15, 0.2) is 0 Å². The van der Waals surface area contributed by atoms with Gasteiger partial charge in [0.2, 0.25) is 0 Å². The van der Waals surface area contributed by atoms with E-state index in [0.717, 1.165) is 67.6 Å². The Kier molecular flexibility index (Phi) is 12.6. The van der Waals surface area contributed by atoms with Crippen LogP contribution in [0.5, 0.6) is 0 Å². The average molecular weight is 989 g/mol. The van der Waals surface area contributed by atoms with Gasteiger partial charge in [-0.2, -0.15) is 37.1 Å². The third kappa shape index (κ3) is 8.79. The molecule has 0 spiro atoms. The first-order chi connectivity index (χ1) is 27.8. The Labute approximate surface area is 371 Å². The molecule has 0 aliphatic rings. The van der Waals surface area contributed by atoms with Crippen LogP contribution >= 0.6 is 0 Å². The minimum absolute atomic E-state index is 0. The summed E-state index contributed by atoms with van der Waals surface area (Å²) in [5.41, 5.74) is 13.6. The smallest absolute Gasteiger partial charge is 0.141 e. The van der Waals surface area contributed by atoms with Crippen molar-refractivity contribution in [3.05, 3.63) is 177 Å². The number of furan rings is 1. The molecule has 8 aromatic rings. The van der Waals surface area contributed by atoms with Crippen LogP contribution in [0, 0.1) is 46.1 Å². The molecule has 0 N–H and O–H groups in total. The Morgan fingerprint density at radius 2 is 1.30 bits per heavy atom. The van der Waals surface area contributed by atoms with Crippen LogP contribution in [-0.2, 0) is 26.5 Å². The Balaban J connectivity index is 0.000000226. The molecule has 0 saturated heterocycles.